The molecular weight excluding hydrogens is 267 g/mol. The number of fused-ring (bicyclic) bond motifs is 1. The molecular formula is C13H15FN2O4. The van der Waals surface area contributed by atoms with Gasteiger partial charge in [-0.2, -0.15) is 5.01 Å². The molecule has 1 aliphatic rings. The summed E-state index contributed by atoms with van der Waals surface area (Å²) in [6, 6.07) is 4.97. The number of halogens is 1. The summed E-state index contributed by atoms with van der Waals surface area (Å²) in [5.74, 6) is 0.375. The number of carbonyl (C=O) groups is 2. The molecule has 0 fully saturated rings. The number of amides is 2. The van der Waals surface area contributed by atoms with Crippen molar-refractivity contribution >= 4 is 17.9 Å². The van der Waals surface area contributed by atoms with Gasteiger partial charge in [0.05, 0.1) is 7.11 Å². The van der Waals surface area contributed by atoms with Crippen LogP contribution in [-0.4, -0.2) is 25.0 Å². The summed E-state index contributed by atoms with van der Waals surface area (Å²) in [5, 5.41) is 0.464. The quantitative estimate of drug-likeness (QED) is 0.488. The number of methoxy groups -OCH3 is 1. The average molecular weight is 282 g/mol. The third kappa shape index (κ3) is 2.66. The molecule has 1 aliphatic heterocycles. The number of rotatable bonds is 1. The van der Waals surface area contributed by atoms with Gasteiger partial charge in [0.1, 0.15) is 17.0 Å². The van der Waals surface area contributed by atoms with E-state index in [1.807, 2.05) is 25.3 Å². The summed E-state index contributed by atoms with van der Waals surface area (Å²) in [6.07, 6.45) is -2.16. The Morgan fingerprint density at radius 2 is 2.15 bits per heavy atom. The van der Waals surface area contributed by atoms with Gasteiger partial charge >= 0.3 is 12.3 Å². The molecule has 108 valence electrons. The monoisotopic (exact) mass is 282 g/mol. The molecule has 0 bridgehead atoms. The lowest BCUT2D eigenvalue weighted by Gasteiger charge is -2.22. The van der Waals surface area contributed by atoms with E-state index in [9.17, 15) is 14.0 Å². The first-order valence-corrected chi connectivity index (χ1v) is 5.99. The second-order valence-corrected chi connectivity index (χ2v) is 5.00. The molecule has 1 aromatic rings. The number of hydrazine groups is 1. The molecule has 20 heavy (non-hydrogen) atoms. The Labute approximate surface area is 115 Å². The minimum atomic E-state index is -1.84. The summed E-state index contributed by atoms with van der Waals surface area (Å²) in [4.78, 5) is 22.3. The number of carbonyl (C=O) groups excluding carboxylic acids is 2. The van der Waals surface area contributed by atoms with E-state index in [0.29, 0.717) is 17.2 Å². The topological polar surface area (TPSA) is 67.9 Å². The minimum absolute atomic E-state index is 0.131. The highest BCUT2D eigenvalue weighted by Gasteiger charge is 2.34. The van der Waals surface area contributed by atoms with Gasteiger partial charge < -0.3 is 9.47 Å². The highest BCUT2D eigenvalue weighted by molar-refractivity contribution is 5.92. The van der Waals surface area contributed by atoms with Crippen LogP contribution in [0.4, 0.5) is 19.7 Å². The van der Waals surface area contributed by atoms with E-state index in [1.165, 1.54) is 6.07 Å². The van der Waals surface area contributed by atoms with E-state index < -0.39 is 17.9 Å². The Morgan fingerprint density at radius 3 is 2.75 bits per heavy atom. The molecule has 0 aromatic heterocycles. The van der Waals surface area contributed by atoms with Crippen molar-refractivity contribution in [2.24, 2.45) is 0 Å². The molecule has 0 saturated carbocycles. The van der Waals surface area contributed by atoms with Crippen LogP contribution >= 0.6 is 0 Å². The number of anilines is 1. The van der Waals surface area contributed by atoms with Crippen molar-refractivity contribution in [3.63, 3.8) is 0 Å². The molecule has 0 saturated heterocycles. The van der Waals surface area contributed by atoms with Crippen molar-refractivity contribution in [3.05, 3.63) is 23.8 Å². The number of hydrogen-bond donors (Lipinski definition) is 1. The van der Waals surface area contributed by atoms with Gasteiger partial charge in [0.25, 0.3) is 0 Å². The standard InChI is InChI=1S/C13H15FN2O4/c1-13(2)7-8-5-4-6-9(10(8)20-13)16(11(14)17)15-12(18)19-3/h4-6H,7H2,1-3H3,(H,15,18). The van der Waals surface area contributed by atoms with E-state index in [2.05, 4.69) is 4.74 Å². The largest absolute Gasteiger partial charge is 0.485 e. The summed E-state index contributed by atoms with van der Waals surface area (Å²) in [6.45, 7) is 3.76. The number of nitrogens with one attached hydrogen (secondary N) is 1. The Bertz CT molecular complexity index is 559. The van der Waals surface area contributed by atoms with Crippen molar-refractivity contribution in [2.45, 2.75) is 25.9 Å². The molecule has 2 amide bonds. The predicted octanol–water partition coefficient (Wildman–Crippen LogP) is 2.57. The van der Waals surface area contributed by atoms with E-state index in [-0.39, 0.29) is 5.69 Å². The Kier molecular flexibility index (Phi) is 3.52. The van der Waals surface area contributed by atoms with Crippen LogP contribution in [0.2, 0.25) is 0 Å². The molecule has 0 atom stereocenters. The molecule has 0 radical (unpaired) electrons. The molecule has 0 unspecified atom stereocenters. The lowest BCUT2D eigenvalue weighted by molar-refractivity contribution is 0.138. The van der Waals surface area contributed by atoms with Crippen LogP contribution in [0.5, 0.6) is 5.75 Å². The SMILES string of the molecule is COC(=O)NN(C(=O)F)c1cccc2c1OC(C)(C)C2. The Balaban J connectivity index is 2.39. The fraction of sp³-hybridized carbons (Fsp3) is 0.385. The maximum atomic E-state index is 13.2. The van der Waals surface area contributed by atoms with Crippen molar-refractivity contribution in [2.75, 3.05) is 12.1 Å². The molecule has 1 N–H and O–H groups in total. The molecule has 0 aliphatic carbocycles. The van der Waals surface area contributed by atoms with E-state index in [4.69, 9.17) is 4.74 Å². The van der Waals surface area contributed by atoms with Gasteiger partial charge in [0.2, 0.25) is 0 Å². The predicted molar refractivity (Wildman–Crippen MR) is 69.4 cm³/mol. The third-order valence-corrected chi connectivity index (χ3v) is 2.88. The van der Waals surface area contributed by atoms with Crippen LogP contribution in [0.15, 0.2) is 18.2 Å². The summed E-state index contributed by atoms with van der Waals surface area (Å²) in [7, 11) is 1.12. The second-order valence-electron chi connectivity index (χ2n) is 5.00. The Hall–Kier alpha value is -2.31. The van der Waals surface area contributed by atoms with E-state index in [1.54, 1.807) is 6.07 Å². The van der Waals surface area contributed by atoms with Gasteiger partial charge in [-0.3, -0.25) is 0 Å². The van der Waals surface area contributed by atoms with Gasteiger partial charge in [-0.05, 0) is 19.9 Å². The van der Waals surface area contributed by atoms with E-state index in [0.717, 1.165) is 12.7 Å². The normalized spacial score (nSPS) is 15.0. The van der Waals surface area contributed by atoms with Gasteiger partial charge in [-0.1, -0.05) is 12.1 Å². The zero-order chi connectivity index (χ0) is 14.9. The first-order chi connectivity index (χ1) is 9.34. The van der Waals surface area contributed by atoms with Crippen molar-refractivity contribution < 1.29 is 23.5 Å². The van der Waals surface area contributed by atoms with Crippen molar-refractivity contribution in [3.8, 4) is 5.75 Å². The van der Waals surface area contributed by atoms with Gasteiger partial charge in [0.15, 0.2) is 0 Å². The maximum absolute atomic E-state index is 13.2. The summed E-state index contributed by atoms with van der Waals surface area (Å²) in [5.41, 5.74) is 2.53. The molecule has 7 heteroatoms. The van der Waals surface area contributed by atoms with Crippen molar-refractivity contribution in [1.29, 1.82) is 0 Å². The fourth-order valence-electron chi connectivity index (χ4n) is 2.11. The number of nitrogens with zero attached hydrogens (tertiary/aromatic N) is 1. The van der Waals surface area contributed by atoms with Crippen LogP contribution in [0.1, 0.15) is 19.4 Å². The third-order valence-electron chi connectivity index (χ3n) is 2.88. The lowest BCUT2D eigenvalue weighted by atomic mass is 10.0. The number of benzene rings is 1. The highest BCUT2D eigenvalue weighted by Crippen LogP contribution is 2.41. The second kappa shape index (κ2) is 4.99. The number of hydrogen-bond acceptors (Lipinski definition) is 4. The van der Waals surface area contributed by atoms with Crippen LogP contribution in [0.25, 0.3) is 0 Å². The molecule has 1 heterocycles. The van der Waals surface area contributed by atoms with Crippen LogP contribution in [0, 0.1) is 0 Å². The molecule has 6 nitrogen and oxygen atoms in total. The molecule has 1 aromatic carbocycles. The Morgan fingerprint density at radius 1 is 1.45 bits per heavy atom. The zero-order valence-corrected chi connectivity index (χ0v) is 11.4. The first-order valence-electron chi connectivity index (χ1n) is 5.99. The zero-order valence-electron chi connectivity index (χ0n) is 11.4. The number of para-hydroxylation sites is 1. The molecule has 0 spiro atoms. The fourth-order valence-corrected chi connectivity index (χ4v) is 2.11. The minimum Gasteiger partial charge on any atom is -0.485 e. The van der Waals surface area contributed by atoms with Gasteiger partial charge in [-0.25, -0.2) is 15.0 Å². The summed E-state index contributed by atoms with van der Waals surface area (Å²) < 4.78 is 23.3. The van der Waals surface area contributed by atoms with E-state index >= 15 is 0 Å². The maximum Gasteiger partial charge on any atom is 0.426 e. The van der Waals surface area contributed by atoms with Crippen LogP contribution in [-0.2, 0) is 11.2 Å². The van der Waals surface area contributed by atoms with Gasteiger partial charge in [-0.15, -0.1) is 4.39 Å². The van der Waals surface area contributed by atoms with Crippen LogP contribution < -0.4 is 15.2 Å². The number of ether oxygens (including phenoxy) is 2. The molecule has 2 rings (SSSR count). The lowest BCUT2D eigenvalue weighted by Crippen LogP contribution is -2.44. The first kappa shape index (κ1) is 14.1. The van der Waals surface area contributed by atoms with Gasteiger partial charge in [0, 0.05) is 12.0 Å². The summed E-state index contributed by atoms with van der Waals surface area (Å²) >= 11 is 0. The van der Waals surface area contributed by atoms with Crippen molar-refractivity contribution in [1.82, 2.24) is 5.43 Å². The smallest absolute Gasteiger partial charge is 0.426 e. The highest BCUT2D eigenvalue weighted by atomic mass is 19.1. The average Bonchev–Trinajstić information content (AvgIpc) is 2.69. The van der Waals surface area contributed by atoms with Crippen LogP contribution in [0.3, 0.4) is 0 Å².